The number of carbonyl (C=O) groups excluding carboxylic acids is 2. The van der Waals surface area contributed by atoms with E-state index in [9.17, 15) is 31.5 Å². The van der Waals surface area contributed by atoms with Crippen LogP contribution in [0, 0.1) is 5.82 Å². The zero-order chi connectivity index (χ0) is 30.3. The Kier molecular flexibility index (Phi) is 10.5. The number of nitrogens with one attached hydrogen (secondary N) is 3. The third-order valence-electron chi connectivity index (χ3n) is 6.49. The number of hydrogen-bond donors (Lipinski definition) is 5. The fraction of sp³-hybridized carbons (Fsp3) is 0.286. The number of hydrogen-bond acceptors (Lipinski definition) is 7. The maximum Gasteiger partial charge on any atom is 0.241 e. The van der Waals surface area contributed by atoms with Crippen LogP contribution in [0.25, 0.3) is 0 Å². The van der Waals surface area contributed by atoms with Crippen LogP contribution in [0.3, 0.4) is 0 Å². The molecule has 2 unspecified atom stereocenters. The van der Waals surface area contributed by atoms with Crippen molar-refractivity contribution in [2.75, 3.05) is 13.2 Å². The number of amides is 2. The first kappa shape index (κ1) is 31.7. The van der Waals surface area contributed by atoms with Gasteiger partial charge in [-0.05, 0) is 60.7 Å². The molecule has 0 aromatic heterocycles. The molecule has 1 fully saturated rings. The summed E-state index contributed by atoms with van der Waals surface area (Å²) in [6, 6.07) is 16.9. The Labute approximate surface area is 250 Å². The highest BCUT2D eigenvalue weighted by Gasteiger charge is 2.39. The van der Waals surface area contributed by atoms with Gasteiger partial charge in [0.25, 0.3) is 0 Å². The van der Waals surface area contributed by atoms with Gasteiger partial charge in [-0.1, -0.05) is 48.0 Å². The van der Waals surface area contributed by atoms with Gasteiger partial charge in [-0.3, -0.25) is 23.4 Å². The van der Waals surface area contributed by atoms with E-state index in [1.54, 1.807) is 36.4 Å². The van der Waals surface area contributed by atoms with Crippen molar-refractivity contribution in [2.24, 2.45) is 0 Å². The highest BCUT2D eigenvalue weighted by molar-refractivity contribution is 8.23. The summed E-state index contributed by atoms with van der Waals surface area (Å²) >= 11 is 6.44. The molecule has 4 rings (SSSR count). The predicted octanol–water partition coefficient (Wildman–Crippen LogP) is 4.57. The normalized spacial score (nSPS) is 17.7. The van der Waals surface area contributed by atoms with E-state index in [0.29, 0.717) is 36.3 Å². The Balaban J connectivity index is 1.42. The first-order valence-corrected chi connectivity index (χ1v) is 16.5. The molecule has 10 nitrogen and oxygen atoms in total. The summed E-state index contributed by atoms with van der Waals surface area (Å²) < 4.78 is 70.0. The number of rotatable bonds is 13. The summed E-state index contributed by atoms with van der Waals surface area (Å²) in [4.78, 5) is 24.9. The van der Waals surface area contributed by atoms with Gasteiger partial charge in [-0.25, -0.2) is 12.8 Å². The third kappa shape index (κ3) is 8.43. The molecule has 5 N–H and O–H groups in total. The molecule has 3 aromatic carbocycles. The Morgan fingerprint density at radius 1 is 1.10 bits per heavy atom. The highest BCUT2D eigenvalue weighted by atomic mass is 35.5. The Hall–Kier alpha value is -3.20. The second-order valence-electron chi connectivity index (χ2n) is 9.66. The van der Waals surface area contributed by atoms with Gasteiger partial charge in [0.15, 0.2) is 0 Å². The van der Waals surface area contributed by atoms with Gasteiger partial charge < -0.3 is 10.1 Å². The van der Waals surface area contributed by atoms with Crippen LogP contribution in [0.2, 0.25) is 5.02 Å². The molecule has 0 radical (unpaired) electrons. The van der Waals surface area contributed by atoms with Crippen LogP contribution >= 0.6 is 22.4 Å². The Bertz CT molecular complexity index is 1530. The SMILES string of the molecule is O=C1CC(c2ccc(CC(NS(=O)(=O)c3ccccc3)C(=O)NCCCCOc3cccc(F)c3)cc2Cl)S(O)(O)N1. The van der Waals surface area contributed by atoms with Crippen molar-refractivity contribution < 1.29 is 36.2 Å². The predicted molar refractivity (Wildman–Crippen MR) is 158 cm³/mol. The van der Waals surface area contributed by atoms with Crippen molar-refractivity contribution in [3.8, 4) is 5.75 Å². The van der Waals surface area contributed by atoms with Gasteiger partial charge >= 0.3 is 0 Å². The smallest absolute Gasteiger partial charge is 0.241 e. The van der Waals surface area contributed by atoms with E-state index in [2.05, 4.69) is 14.8 Å². The summed E-state index contributed by atoms with van der Waals surface area (Å²) in [6.07, 6.45) is 0.890. The number of benzene rings is 3. The Morgan fingerprint density at radius 2 is 1.86 bits per heavy atom. The monoisotopic (exact) mass is 639 g/mol. The third-order valence-corrected chi connectivity index (χ3v) is 10.0. The van der Waals surface area contributed by atoms with Crippen molar-refractivity contribution in [1.29, 1.82) is 0 Å². The summed E-state index contributed by atoms with van der Waals surface area (Å²) in [5.74, 6) is -1.06. The zero-order valence-electron chi connectivity index (χ0n) is 22.3. The molecule has 226 valence electrons. The van der Waals surface area contributed by atoms with Crippen LogP contribution < -0.4 is 19.5 Å². The van der Waals surface area contributed by atoms with E-state index in [0.717, 1.165) is 0 Å². The molecule has 3 aromatic rings. The minimum atomic E-state index is -4.05. The lowest BCUT2D eigenvalue weighted by Gasteiger charge is -2.33. The topological polar surface area (TPSA) is 154 Å². The summed E-state index contributed by atoms with van der Waals surface area (Å²) in [5.41, 5.74) is 0.863. The number of ether oxygens (including phenoxy) is 1. The first-order chi connectivity index (χ1) is 19.9. The molecule has 1 heterocycles. The van der Waals surface area contributed by atoms with Crippen molar-refractivity contribution in [3.63, 3.8) is 0 Å². The van der Waals surface area contributed by atoms with Gasteiger partial charge in [-0.2, -0.15) is 4.72 Å². The van der Waals surface area contributed by atoms with Crippen molar-refractivity contribution in [3.05, 3.63) is 94.8 Å². The molecule has 0 bridgehead atoms. The van der Waals surface area contributed by atoms with E-state index in [1.165, 1.54) is 36.4 Å². The van der Waals surface area contributed by atoms with Gasteiger partial charge in [-0.15, -0.1) is 10.8 Å². The molecule has 42 heavy (non-hydrogen) atoms. The summed E-state index contributed by atoms with van der Waals surface area (Å²) in [7, 11) is -7.47. The van der Waals surface area contributed by atoms with Crippen LogP contribution in [0.5, 0.6) is 5.75 Å². The molecular formula is C28H31ClFN3O7S2. The lowest BCUT2D eigenvalue weighted by Crippen LogP contribution is -2.48. The van der Waals surface area contributed by atoms with Crippen LogP contribution in [0.1, 0.15) is 35.6 Å². The van der Waals surface area contributed by atoms with Gasteiger partial charge in [0.1, 0.15) is 22.9 Å². The molecule has 1 aliphatic heterocycles. The molecule has 14 heteroatoms. The molecule has 0 saturated carbocycles. The summed E-state index contributed by atoms with van der Waals surface area (Å²) in [5, 5.41) is 1.97. The number of carbonyl (C=O) groups is 2. The van der Waals surface area contributed by atoms with Gasteiger partial charge in [0, 0.05) is 17.6 Å². The van der Waals surface area contributed by atoms with Crippen molar-refractivity contribution >= 4 is 44.2 Å². The molecular weight excluding hydrogens is 609 g/mol. The van der Waals surface area contributed by atoms with Crippen LogP contribution in [0.4, 0.5) is 4.39 Å². The fourth-order valence-electron chi connectivity index (χ4n) is 4.40. The number of sulfonamides is 1. The lowest BCUT2D eigenvalue weighted by atomic mass is 10.0. The average Bonchev–Trinajstić information content (AvgIpc) is 3.21. The second-order valence-corrected chi connectivity index (χ2v) is 13.7. The zero-order valence-corrected chi connectivity index (χ0v) is 24.7. The minimum absolute atomic E-state index is 0.00529. The van der Waals surface area contributed by atoms with Gasteiger partial charge in [0.2, 0.25) is 21.8 Å². The summed E-state index contributed by atoms with van der Waals surface area (Å²) in [6.45, 7) is 0.552. The van der Waals surface area contributed by atoms with E-state index < -0.39 is 49.7 Å². The molecule has 0 aliphatic carbocycles. The van der Waals surface area contributed by atoms with E-state index >= 15 is 0 Å². The molecule has 1 saturated heterocycles. The number of unbranched alkanes of at least 4 members (excludes halogenated alkanes) is 1. The molecule has 0 spiro atoms. The quantitative estimate of drug-likeness (QED) is 0.172. The molecule has 2 atom stereocenters. The highest BCUT2D eigenvalue weighted by Crippen LogP contribution is 2.57. The van der Waals surface area contributed by atoms with Crippen molar-refractivity contribution in [2.45, 2.75) is 41.9 Å². The maximum atomic E-state index is 13.3. The van der Waals surface area contributed by atoms with E-state index in [4.69, 9.17) is 16.3 Å². The molecule has 1 aliphatic rings. The average molecular weight is 640 g/mol. The second kappa shape index (κ2) is 13.8. The van der Waals surface area contributed by atoms with Crippen LogP contribution in [-0.4, -0.2) is 48.5 Å². The lowest BCUT2D eigenvalue weighted by molar-refractivity contribution is -0.122. The van der Waals surface area contributed by atoms with Gasteiger partial charge in [0.05, 0.1) is 17.9 Å². The minimum Gasteiger partial charge on any atom is -0.493 e. The largest absolute Gasteiger partial charge is 0.493 e. The number of halogens is 2. The first-order valence-electron chi connectivity index (χ1n) is 13.0. The van der Waals surface area contributed by atoms with Crippen molar-refractivity contribution in [1.82, 2.24) is 14.8 Å². The van der Waals surface area contributed by atoms with Crippen LogP contribution in [-0.2, 0) is 26.0 Å². The van der Waals surface area contributed by atoms with E-state index in [-0.39, 0.29) is 29.3 Å². The van der Waals surface area contributed by atoms with E-state index in [1.807, 2.05) is 0 Å². The fourth-order valence-corrected chi connectivity index (χ4v) is 7.52. The standard InChI is InChI=1S/C28H31ClFN3O7S2/c29-24-15-19(11-12-23(24)26-18-27(34)33-42(26,38)39)16-25(32-41(36,37)22-9-2-1-3-10-22)28(35)31-13-4-5-14-40-21-8-6-7-20(30)17-21/h1-3,6-12,15,17,25-26,32,38-39H,4-5,13-14,16,18H2,(H,31,35)(H,33,34). The maximum absolute atomic E-state index is 13.3. The Morgan fingerprint density at radius 3 is 2.52 bits per heavy atom. The molecule has 2 amide bonds. The van der Waals surface area contributed by atoms with Crippen LogP contribution in [0.15, 0.2) is 77.7 Å².